The quantitative estimate of drug-likeness (QED) is 0.505. The molecule has 0 nitrogen and oxygen atoms in total. The van der Waals surface area contributed by atoms with Crippen molar-refractivity contribution in [1.29, 1.82) is 0 Å². The van der Waals surface area contributed by atoms with Gasteiger partial charge >= 0.3 is 130 Å². The summed E-state index contributed by atoms with van der Waals surface area (Å²) in [7, 11) is -2.27. The first-order valence-electron chi connectivity index (χ1n) is 7.27. The summed E-state index contributed by atoms with van der Waals surface area (Å²) in [5.74, 6) is 0. The molecule has 0 aromatic rings. The molecule has 2 rings (SSSR count). The third-order valence-electron chi connectivity index (χ3n) is 3.78. The fraction of sp³-hybridized carbons (Fsp3) is 0.500. The average molecular weight is 395 g/mol. The van der Waals surface area contributed by atoms with Gasteiger partial charge in [0.25, 0.3) is 0 Å². The van der Waals surface area contributed by atoms with E-state index in [9.17, 15) is 0 Å². The fourth-order valence-electron chi connectivity index (χ4n) is 2.83. The molecule has 0 aliphatic heterocycles. The van der Waals surface area contributed by atoms with Crippen LogP contribution in [-0.4, -0.2) is 16.1 Å². The Morgan fingerprint density at radius 3 is 1.33 bits per heavy atom. The molecule has 0 spiro atoms. The van der Waals surface area contributed by atoms with Crippen LogP contribution in [0, 0.1) is 0 Å². The molecule has 0 unspecified atom stereocenters. The molecule has 0 fully saturated rings. The molecule has 118 valence electrons. The van der Waals surface area contributed by atoms with Crippen LogP contribution >= 0.6 is 24.8 Å². The van der Waals surface area contributed by atoms with Crippen LogP contribution < -0.4 is 0 Å². The molecule has 5 heteroatoms. The van der Waals surface area contributed by atoms with Crippen molar-refractivity contribution >= 4 is 41.0 Å². The second-order valence-electron chi connectivity index (χ2n) is 7.62. The van der Waals surface area contributed by atoms with E-state index in [0.717, 1.165) is 0 Å². The third-order valence-corrected chi connectivity index (χ3v) is 11.2. The van der Waals surface area contributed by atoms with Gasteiger partial charge in [-0.1, -0.05) is 0 Å². The molecule has 2 aliphatic carbocycles. The Labute approximate surface area is 154 Å². The van der Waals surface area contributed by atoms with Crippen LogP contribution in [0.3, 0.4) is 0 Å². The van der Waals surface area contributed by atoms with Gasteiger partial charge in [0.1, 0.15) is 0 Å². The topological polar surface area (TPSA) is 0 Å². The van der Waals surface area contributed by atoms with Gasteiger partial charge in [-0.25, -0.2) is 0 Å². The fourth-order valence-corrected chi connectivity index (χ4v) is 12.1. The standard InChI is InChI=1S/2C8H13Si.2ClH.Ti/c2*1-9(2,3)8-6-4-5-7-8;;;/h2*4,6H,5H2,1-3H3;2*1H;. The molecule has 0 N–H and O–H groups in total. The Morgan fingerprint density at radius 1 is 0.714 bits per heavy atom. The Hall–Kier alpha value is 0.688. The minimum absolute atomic E-state index is 0. The zero-order valence-electron chi connectivity index (χ0n) is 14.0. The molecular formula is C16H28Cl2Si2Ti. The van der Waals surface area contributed by atoms with Gasteiger partial charge in [-0.05, 0) is 0 Å². The van der Waals surface area contributed by atoms with E-state index in [0.29, 0.717) is 0 Å². The third kappa shape index (κ3) is 5.37. The summed E-state index contributed by atoms with van der Waals surface area (Å²) in [6, 6.07) is 0. The largest absolute Gasteiger partial charge is 0.147 e. The van der Waals surface area contributed by atoms with Crippen molar-refractivity contribution in [2.75, 3.05) is 0 Å². The molecule has 0 aromatic heterocycles. The van der Waals surface area contributed by atoms with Gasteiger partial charge in [0.2, 0.25) is 0 Å². The van der Waals surface area contributed by atoms with Crippen molar-refractivity contribution in [3.05, 3.63) is 42.5 Å². The van der Waals surface area contributed by atoms with Crippen molar-refractivity contribution in [2.24, 2.45) is 0 Å². The number of hydrogen-bond acceptors (Lipinski definition) is 0. The monoisotopic (exact) mass is 394 g/mol. The van der Waals surface area contributed by atoms with Gasteiger partial charge in [-0.3, -0.25) is 0 Å². The van der Waals surface area contributed by atoms with Gasteiger partial charge in [0.15, 0.2) is 0 Å². The Kier molecular flexibility index (Phi) is 8.25. The van der Waals surface area contributed by atoms with Gasteiger partial charge in [-0.15, -0.1) is 24.8 Å². The molecule has 0 heterocycles. The van der Waals surface area contributed by atoms with Gasteiger partial charge in [0, 0.05) is 0 Å². The first-order valence-corrected chi connectivity index (χ1v) is 15.8. The molecule has 0 saturated heterocycles. The summed E-state index contributed by atoms with van der Waals surface area (Å²) in [5.41, 5.74) is 0. The predicted octanol–water partition coefficient (Wildman–Crippen LogP) is 6.10. The summed E-state index contributed by atoms with van der Waals surface area (Å²) in [6.07, 6.45) is 12.2. The predicted molar refractivity (Wildman–Crippen MR) is 103 cm³/mol. The van der Waals surface area contributed by atoms with E-state index < -0.39 is 16.1 Å². The molecule has 0 aromatic carbocycles. The van der Waals surface area contributed by atoms with Crippen LogP contribution in [0.2, 0.25) is 39.3 Å². The number of halogens is 2. The second kappa shape index (κ2) is 7.99. The number of allylic oxidation sites excluding steroid dienone is 8. The molecule has 21 heavy (non-hydrogen) atoms. The maximum atomic E-state index is 2.49. The molecular weight excluding hydrogens is 367 g/mol. The SMILES string of the molecule is C[Si](C)(C)C1=[C]([Ti][C]2=C([Si](C)(C)C)C=CC2)CC=C1.Cl.Cl. The maximum Gasteiger partial charge on any atom is -0.147 e. The van der Waals surface area contributed by atoms with Crippen molar-refractivity contribution in [3.63, 3.8) is 0 Å². The van der Waals surface area contributed by atoms with Crippen molar-refractivity contribution in [2.45, 2.75) is 52.1 Å². The number of rotatable bonds is 4. The Bertz CT molecular complexity index is 457. The maximum absolute atomic E-state index is 2.49. The minimum atomic E-state index is -1.13. The first-order chi connectivity index (χ1) is 8.69. The van der Waals surface area contributed by atoms with Crippen LogP contribution in [0.4, 0.5) is 0 Å². The van der Waals surface area contributed by atoms with Crippen molar-refractivity contribution in [1.82, 2.24) is 0 Å². The smallest absolute Gasteiger partial charge is 0.147 e. The van der Waals surface area contributed by atoms with Gasteiger partial charge in [0.05, 0.1) is 0 Å². The number of hydrogen-bond donors (Lipinski definition) is 0. The Balaban J connectivity index is 0.00000200. The van der Waals surface area contributed by atoms with E-state index >= 15 is 0 Å². The summed E-state index contributed by atoms with van der Waals surface area (Å²) in [4.78, 5) is 0. The average Bonchev–Trinajstić information content (AvgIpc) is 2.83. The zero-order chi connectivity index (χ0) is 14.3. The van der Waals surface area contributed by atoms with Crippen LogP contribution in [-0.2, 0) is 19.2 Å². The summed E-state index contributed by atoms with van der Waals surface area (Å²) < 4.78 is 3.68. The van der Waals surface area contributed by atoms with Crippen LogP contribution in [0.25, 0.3) is 0 Å². The molecule has 0 atom stereocenters. The molecule has 2 aliphatic rings. The van der Waals surface area contributed by atoms with E-state index in [1.165, 1.54) is 12.8 Å². The Morgan fingerprint density at radius 2 is 1.05 bits per heavy atom. The normalized spacial score (nSPS) is 18.0. The second-order valence-corrected chi connectivity index (χ2v) is 20.0. The van der Waals surface area contributed by atoms with Crippen LogP contribution in [0.5, 0.6) is 0 Å². The summed E-state index contributed by atoms with van der Waals surface area (Å²) in [6.45, 7) is 14.9. The molecule has 0 amide bonds. The van der Waals surface area contributed by atoms with Gasteiger partial charge in [-0.2, -0.15) is 0 Å². The minimum Gasteiger partial charge on any atom is -0.147 e. The van der Waals surface area contributed by atoms with Crippen LogP contribution in [0.15, 0.2) is 42.5 Å². The van der Waals surface area contributed by atoms with E-state index in [2.05, 4.69) is 63.6 Å². The van der Waals surface area contributed by atoms with E-state index in [4.69, 9.17) is 0 Å². The van der Waals surface area contributed by atoms with E-state index in [-0.39, 0.29) is 44.0 Å². The van der Waals surface area contributed by atoms with Gasteiger partial charge < -0.3 is 0 Å². The summed E-state index contributed by atoms with van der Waals surface area (Å²) >= 11 is -0.0444. The van der Waals surface area contributed by atoms with Crippen molar-refractivity contribution in [3.8, 4) is 0 Å². The van der Waals surface area contributed by atoms with Crippen molar-refractivity contribution < 1.29 is 19.2 Å². The van der Waals surface area contributed by atoms with E-state index in [1.54, 1.807) is 10.4 Å². The van der Waals surface area contributed by atoms with E-state index in [1.807, 2.05) is 7.76 Å². The van der Waals surface area contributed by atoms with Crippen LogP contribution in [0.1, 0.15) is 12.8 Å². The molecule has 0 radical (unpaired) electrons. The first kappa shape index (κ1) is 21.7. The summed E-state index contributed by atoms with van der Waals surface area (Å²) in [5, 5.41) is 3.53. The zero-order valence-corrected chi connectivity index (χ0v) is 19.2. The molecule has 0 saturated carbocycles. The molecule has 0 bridgehead atoms.